The summed E-state index contributed by atoms with van der Waals surface area (Å²) in [5.41, 5.74) is -3.16. The van der Waals surface area contributed by atoms with Crippen molar-refractivity contribution >= 4 is 0 Å². The Morgan fingerprint density at radius 2 is 2.06 bits per heavy atom. The molecule has 3 N–H and O–H groups in total. The third-order valence-electron chi connectivity index (χ3n) is 2.95. The van der Waals surface area contributed by atoms with E-state index in [9.17, 15) is 24.2 Å². The average molecular weight is 260 g/mol. The van der Waals surface area contributed by atoms with Crippen molar-refractivity contribution in [2.75, 3.05) is 0 Å². The van der Waals surface area contributed by atoms with E-state index in [0.29, 0.717) is 10.8 Å². The molecule has 1 aromatic heterocycles. The number of hydrogen-bond donors (Lipinski definition) is 3. The second-order valence-electron chi connectivity index (χ2n) is 4.69. The Labute approximate surface area is 100 Å². The molecule has 1 fully saturated rings. The minimum atomic E-state index is -1.40. The van der Waals surface area contributed by atoms with Crippen LogP contribution in [0.15, 0.2) is 15.8 Å². The Balaban J connectivity index is 2.49. The largest absolute Gasteiger partial charge is 0.387 e. The Morgan fingerprint density at radius 3 is 2.56 bits per heavy atom. The molecule has 1 aliphatic rings. The number of nitrogens with one attached hydrogen (secondary N) is 1. The number of aromatic amines is 1. The van der Waals surface area contributed by atoms with Gasteiger partial charge in [0.25, 0.3) is 5.56 Å². The lowest BCUT2D eigenvalue weighted by molar-refractivity contribution is -0.0835. The monoisotopic (exact) mass is 260 g/mol. The van der Waals surface area contributed by atoms with Gasteiger partial charge < -0.3 is 14.9 Å². The number of nitrogens with zero attached hydrogens (tertiary/aromatic N) is 1. The van der Waals surface area contributed by atoms with Crippen LogP contribution in [0, 0.1) is 5.82 Å². The summed E-state index contributed by atoms with van der Waals surface area (Å²) in [6.07, 6.45) is -3.25. The molecule has 2 rings (SSSR count). The van der Waals surface area contributed by atoms with Crippen LogP contribution in [-0.4, -0.2) is 37.6 Å². The van der Waals surface area contributed by atoms with E-state index in [2.05, 4.69) is 0 Å². The van der Waals surface area contributed by atoms with Gasteiger partial charge in [-0.15, -0.1) is 0 Å². The number of H-pyrrole nitrogens is 1. The second-order valence-corrected chi connectivity index (χ2v) is 4.69. The van der Waals surface area contributed by atoms with E-state index in [1.165, 1.54) is 13.8 Å². The van der Waals surface area contributed by atoms with Gasteiger partial charge in [0.05, 0.1) is 11.8 Å². The highest BCUT2D eigenvalue weighted by Gasteiger charge is 2.49. The maximum Gasteiger partial charge on any atom is 0.330 e. The normalized spacial score (nSPS) is 30.6. The van der Waals surface area contributed by atoms with E-state index in [1.54, 1.807) is 4.98 Å². The quantitative estimate of drug-likeness (QED) is 0.582. The summed E-state index contributed by atoms with van der Waals surface area (Å²) in [6, 6.07) is 0. The molecule has 8 heteroatoms. The standard InChI is InChI=1S/C10H13FN2O5/c1-10(2)6(15)5(14)8(18-10)13-3-4(11)7(16)12-9(13)17/h3,5-6,8,14-15H,1-2H3,(H,12,16,17). The van der Waals surface area contributed by atoms with Gasteiger partial charge in [0.15, 0.2) is 6.23 Å². The molecule has 3 unspecified atom stereocenters. The molecule has 7 nitrogen and oxygen atoms in total. The lowest BCUT2D eigenvalue weighted by atomic mass is 10.0. The molecule has 2 heterocycles. The molecular formula is C10H13FN2O5. The van der Waals surface area contributed by atoms with Crippen molar-refractivity contribution in [3.63, 3.8) is 0 Å². The van der Waals surface area contributed by atoms with Gasteiger partial charge in [-0.2, -0.15) is 4.39 Å². The van der Waals surface area contributed by atoms with E-state index >= 15 is 0 Å². The fourth-order valence-electron chi connectivity index (χ4n) is 1.89. The predicted octanol–water partition coefficient (Wildman–Crippen LogP) is -1.30. The molecule has 0 amide bonds. The van der Waals surface area contributed by atoms with Crippen molar-refractivity contribution in [3.05, 3.63) is 32.9 Å². The lowest BCUT2D eigenvalue weighted by Crippen LogP contribution is -2.39. The first-order valence-corrected chi connectivity index (χ1v) is 5.29. The smallest absolute Gasteiger partial charge is 0.330 e. The zero-order valence-corrected chi connectivity index (χ0v) is 9.75. The van der Waals surface area contributed by atoms with Gasteiger partial charge in [0.2, 0.25) is 5.82 Å². The van der Waals surface area contributed by atoms with E-state index in [4.69, 9.17) is 4.74 Å². The maximum absolute atomic E-state index is 13.1. The van der Waals surface area contributed by atoms with E-state index in [-0.39, 0.29) is 0 Å². The Bertz CT molecular complexity index is 578. The maximum atomic E-state index is 13.1. The van der Waals surface area contributed by atoms with Gasteiger partial charge in [0.1, 0.15) is 12.2 Å². The van der Waals surface area contributed by atoms with Crippen LogP contribution in [-0.2, 0) is 4.74 Å². The fourth-order valence-corrected chi connectivity index (χ4v) is 1.89. The molecule has 18 heavy (non-hydrogen) atoms. The summed E-state index contributed by atoms with van der Waals surface area (Å²) in [7, 11) is 0. The molecule has 0 radical (unpaired) electrons. The summed E-state index contributed by atoms with van der Waals surface area (Å²) in [4.78, 5) is 24.1. The van der Waals surface area contributed by atoms with Crippen molar-refractivity contribution < 1.29 is 19.3 Å². The van der Waals surface area contributed by atoms with Crippen LogP contribution in [0.2, 0.25) is 0 Å². The Hall–Kier alpha value is -1.51. The molecule has 0 saturated carbocycles. The van der Waals surface area contributed by atoms with Crippen molar-refractivity contribution in [1.29, 1.82) is 0 Å². The molecule has 3 atom stereocenters. The second kappa shape index (κ2) is 4.01. The summed E-state index contributed by atoms with van der Waals surface area (Å²) < 4.78 is 19.1. The van der Waals surface area contributed by atoms with Crippen molar-refractivity contribution in [2.45, 2.75) is 37.9 Å². The van der Waals surface area contributed by atoms with Gasteiger partial charge in [-0.3, -0.25) is 14.3 Å². The summed E-state index contributed by atoms with van der Waals surface area (Å²) >= 11 is 0. The summed E-state index contributed by atoms with van der Waals surface area (Å²) in [6.45, 7) is 3.04. The van der Waals surface area contributed by atoms with Crippen molar-refractivity contribution in [1.82, 2.24) is 9.55 Å². The van der Waals surface area contributed by atoms with Gasteiger partial charge in [0, 0.05) is 0 Å². The lowest BCUT2D eigenvalue weighted by Gasteiger charge is -2.21. The van der Waals surface area contributed by atoms with Crippen LogP contribution in [0.3, 0.4) is 0 Å². The Kier molecular flexibility index (Phi) is 2.88. The molecule has 0 bridgehead atoms. The number of hydrogen-bond acceptors (Lipinski definition) is 5. The van der Waals surface area contributed by atoms with Gasteiger partial charge >= 0.3 is 5.69 Å². The topological polar surface area (TPSA) is 105 Å². The minimum Gasteiger partial charge on any atom is -0.387 e. The molecule has 0 aromatic carbocycles. The van der Waals surface area contributed by atoms with Crippen LogP contribution in [0.1, 0.15) is 20.1 Å². The number of aliphatic hydroxyl groups is 2. The predicted molar refractivity (Wildman–Crippen MR) is 57.5 cm³/mol. The van der Waals surface area contributed by atoms with E-state index < -0.39 is 41.1 Å². The number of halogens is 1. The van der Waals surface area contributed by atoms with Crippen LogP contribution in [0.4, 0.5) is 4.39 Å². The van der Waals surface area contributed by atoms with Crippen LogP contribution in [0.25, 0.3) is 0 Å². The average Bonchev–Trinajstić information content (AvgIpc) is 2.47. The first-order valence-electron chi connectivity index (χ1n) is 5.29. The number of aliphatic hydroxyl groups excluding tert-OH is 2. The molecule has 100 valence electrons. The molecule has 1 saturated heterocycles. The highest BCUT2D eigenvalue weighted by molar-refractivity contribution is 4.98. The zero-order chi connectivity index (χ0) is 13.7. The Morgan fingerprint density at radius 1 is 1.44 bits per heavy atom. The zero-order valence-electron chi connectivity index (χ0n) is 9.75. The molecule has 0 aliphatic carbocycles. The highest BCUT2D eigenvalue weighted by atomic mass is 19.1. The van der Waals surface area contributed by atoms with Crippen molar-refractivity contribution in [2.24, 2.45) is 0 Å². The third-order valence-corrected chi connectivity index (χ3v) is 2.95. The number of ether oxygens (including phenoxy) is 1. The SMILES string of the molecule is CC1(C)OC(n2cc(F)c(=O)[nH]c2=O)C(O)C1O. The third kappa shape index (κ3) is 1.88. The molecule has 0 spiro atoms. The van der Waals surface area contributed by atoms with Gasteiger partial charge in [-0.1, -0.05) is 0 Å². The minimum absolute atomic E-state index is 0.642. The van der Waals surface area contributed by atoms with Gasteiger partial charge in [-0.25, -0.2) is 4.79 Å². The molecular weight excluding hydrogens is 247 g/mol. The first kappa shape index (κ1) is 12.9. The highest BCUT2D eigenvalue weighted by Crippen LogP contribution is 2.35. The number of aromatic nitrogens is 2. The van der Waals surface area contributed by atoms with Crippen LogP contribution >= 0.6 is 0 Å². The van der Waals surface area contributed by atoms with E-state index in [1.807, 2.05) is 0 Å². The molecule has 1 aliphatic heterocycles. The van der Waals surface area contributed by atoms with Crippen LogP contribution in [0.5, 0.6) is 0 Å². The fraction of sp³-hybridized carbons (Fsp3) is 0.600. The summed E-state index contributed by atoms with van der Waals surface area (Å²) in [5, 5.41) is 19.5. The summed E-state index contributed by atoms with van der Waals surface area (Å²) in [5.74, 6) is -1.18. The number of rotatable bonds is 1. The van der Waals surface area contributed by atoms with Gasteiger partial charge in [-0.05, 0) is 13.8 Å². The van der Waals surface area contributed by atoms with Crippen molar-refractivity contribution in [3.8, 4) is 0 Å². The van der Waals surface area contributed by atoms with Crippen LogP contribution < -0.4 is 11.2 Å². The molecule has 1 aromatic rings. The van der Waals surface area contributed by atoms with E-state index in [0.717, 1.165) is 0 Å². The first-order chi connectivity index (χ1) is 8.24.